The van der Waals surface area contributed by atoms with Crippen LogP contribution in [0.2, 0.25) is 5.02 Å². The maximum Gasteiger partial charge on any atom is 0.501 e. The van der Waals surface area contributed by atoms with Gasteiger partial charge in [-0.1, -0.05) is 47.5 Å². The Hall–Kier alpha value is -4.14. The molecule has 4 aromatic carbocycles. The van der Waals surface area contributed by atoms with Gasteiger partial charge in [-0.05, 0) is 128 Å². The lowest BCUT2D eigenvalue weighted by Crippen LogP contribution is -2.47. The minimum atomic E-state index is -6.06. The minimum Gasteiger partial charge on any atom is -0.380 e. The highest BCUT2D eigenvalue weighted by molar-refractivity contribution is 7.99. The molecule has 4 aliphatic heterocycles. The summed E-state index contributed by atoms with van der Waals surface area (Å²) in [7, 11) is -10.9. The van der Waals surface area contributed by atoms with E-state index in [0.717, 1.165) is 99.4 Å². The lowest BCUT2D eigenvalue weighted by molar-refractivity contribution is -0.0435. The number of amides is 1. The van der Waals surface area contributed by atoms with Gasteiger partial charge < -0.3 is 20.3 Å². The molecule has 0 radical (unpaired) electrons. The highest BCUT2D eigenvalue weighted by Crippen LogP contribution is 2.47. The van der Waals surface area contributed by atoms with E-state index in [1.54, 1.807) is 12.1 Å². The van der Waals surface area contributed by atoms with E-state index in [9.17, 15) is 34.8 Å². The third kappa shape index (κ3) is 11.1. The molecule has 364 valence electrons. The predicted octanol–water partition coefficient (Wildman–Crippen LogP) is 7.93. The topological polar surface area (TPSA) is 140 Å². The number of nitrogens with one attached hydrogen (secondary N) is 3. The van der Waals surface area contributed by atoms with Crippen molar-refractivity contribution < 1.29 is 39.5 Å². The van der Waals surface area contributed by atoms with E-state index in [1.165, 1.54) is 53.4 Å². The number of likely N-dealkylation sites (tertiary alicyclic amines) is 1. The van der Waals surface area contributed by atoms with Crippen molar-refractivity contribution in [2.75, 3.05) is 81.5 Å². The van der Waals surface area contributed by atoms with E-state index in [2.05, 4.69) is 37.5 Å². The Bertz CT molecular complexity index is 2700. The number of nitrogens with zero attached hydrogens (tertiary/aromatic N) is 3. The number of sulfonamides is 1. The van der Waals surface area contributed by atoms with Gasteiger partial charge in [-0.2, -0.15) is 13.2 Å². The molecule has 68 heavy (non-hydrogen) atoms. The number of allylic oxidation sites excluding steroid dienone is 1. The van der Waals surface area contributed by atoms with Gasteiger partial charge in [0.05, 0.1) is 23.3 Å². The minimum absolute atomic E-state index is 0.00299. The number of fused-ring (bicyclic) bond motifs is 2. The maximum absolute atomic E-state index is 14.3. The molecule has 5 aliphatic rings. The number of carbonyl (C=O) groups is 1. The van der Waals surface area contributed by atoms with Crippen LogP contribution in [0.3, 0.4) is 0 Å². The Balaban J connectivity index is 0.858. The Labute approximate surface area is 406 Å². The average molecular weight is 1010 g/mol. The van der Waals surface area contributed by atoms with Gasteiger partial charge in [0, 0.05) is 91.4 Å². The third-order valence-corrected chi connectivity index (χ3v) is 18.4. The number of anilines is 2. The molecule has 1 spiro atoms. The number of alkyl halides is 3. The van der Waals surface area contributed by atoms with Crippen LogP contribution in [0.4, 0.5) is 24.5 Å². The van der Waals surface area contributed by atoms with Crippen LogP contribution in [0.25, 0.3) is 5.57 Å². The molecular weight excluding hydrogens is 957 g/mol. The molecule has 1 aliphatic carbocycles. The van der Waals surface area contributed by atoms with Gasteiger partial charge in [-0.15, -0.1) is 11.8 Å². The van der Waals surface area contributed by atoms with Crippen LogP contribution in [0.15, 0.2) is 117 Å². The molecular formula is C49H56ClF3N6O6S3. The standard InChI is InChI=1S/C49H56ClF3N6O6S3/c50-37-10-6-34(7-11-37)44-16-18-48(19-20-54-33-48)28-36(44)29-57-22-24-58(25-23-57)39-12-8-35(9-13-39)47(60)56-68(63,64)43-14-15-45(46(27-43)67(61,62)49(51,52)53)55-38(32-66-42-4-2-1-3-5-42)17-21-59-30-41-26-40(59)31-65-41/h1-15,27,38,40-41,54-55H,16-26,28-33H2,(H,56,60)/t38-,40-,41-,48?/m1/s1. The van der Waals surface area contributed by atoms with Crippen molar-refractivity contribution in [3.8, 4) is 0 Å². The molecule has 19 heteroatoms. The number of piperazine rings is 1. The van der Waals surface area contributed by atoms with Crippen LogP contribution in [-0.2, 0) is 24.6 Å². The number of rotatable bonds is 16. The van der Waals surface area contributed by atoms with Crippen molar-refractivity contribution in [2.45, 2.75) is 76.9 Å². The van der Waals surface area contributed by atoms with Crippen molar-refractivity contribution in [3.63, 3.8) is 0 Å². The summed E-state index contributed by atoms with van der Waals surface area (Å²) in [5, 5.41) is 7.33. The molecule has 1 unspecified atom stereocenters. The van der Waals surface area contributed by atoms with E-state index in [-0.39, 0.29) is 17.7 Å². The fourth-order valence-corrected chi connectivity index (χ4v) is 13.5. The summed E-state index contributed by atoms with van der Waals surface area (Å²) in [6.45, 7) is 8.06. The second kappa shape index (κ2) is 20.3. The number of benzene rings is 4. The van der Waals surface area contributed by atoms with E-state index in [0.29, 0.717) is 36.8 Å². The van der Waals surface area contributed by atoms with Gasteiger partial charge >= 0.3 is 5.51 Å². The molecule has 9 rings (SSSR count). The number of ether oxygens (including phenoxy) is 1. The summed E-state index contributed by atoms with van der Waals surface area (Å²) in [5.74, 6) is -0.640. The van der Waals surface area contributed by atoms with Gasteiger partial charge in [0.25, 0.3) is 25.8 Å². The summed E-state index contributed by atoms with van der Waals surface area (Å²) in [5.41, 5.74) is -0.837. The van der Waals surface area contributed by atoms with Gasteiger partial charge in [0.1, 0.15) is 4.90 Å². The molecule has 0 saturated carbocycles. The van der Waals surface area contributed by atoms with Crippen LogP contribution < -0.4 is 20.3 Å². The Morgan fingerprint density at radius 3 is 2.35 bits per heavy atom. The van der Waals surface area contributed by atoms with Crippen molar-refractivity contribution in [1.29, 1.82) is 0 Å². The molecule has 4 aromatic rings. The first-order valence-corrected chi connectivity index (χ1v) is 27.4. The molecule has 4 fully saturated rings. The first-order chi connectivity index (χ1) is 32.5. The van der Waals surface area contributed by atoms with E-state index in [4.69, 9.17) is 16.3 Å². The number of carbonyl (C=O) groups excluding carboxylic acids is 1. The van der Waals surface area contributed by atoms with Crippen molar-refractivity contribution in [3.05, 3.63) is 119 Å². The lowest BCUT2D eigenvalue weighted by Gasteiger charge is -2.40. The molecule has 0 aromatic heterocycles. The average Bonchev–Trinajstić information content (AvgIpc) is 4.09. The number of sulfone groups is 1. The normalized spacial score (nSPS) is 23.1. The fourth-order valence-electron chi connectivity index (χ4n) is 10.4. The van der Waals surface area contributed by atoms with Gasteiger partial charge in [0.2, 0.25) is 0 Å². The van der Waals surface area contributed by atoms with E-state index >= 15 is 0 Å². The number of hydrogen-bond acceptors (Lipinski definition) is 12. The van der Waals surface area contributed by atoms with Crippen LogP contribution >= 0.6 is 23.4 Å². The molecule has 3 N–H and O–H groups in total. The molecule has 4 atom stereocenters. The summed E-state index contributed by atoms with van der Waals surface area (Å²) in [6.07, 6.45) is 5.97. The Morgan fingerprint density at radius 1 is 0.941 bits per heavy atom. The molecule has 4 heterocycles. The van der Waals surface area contributed by atoms with Crippen LogP contribution in [0.5, 0.6) is 0 Å². The molecule has 1 amide bonds. The number of hydrogen-bond donors (Lipinski definition) is 3. The smallest absolute Gasteiger partial charge is 0.380 e. The summed E-state index contributed by atoms with van der Waals surface area (Å²) in [4.78, 5) is 19.2. The van der Waals surface area contributed by atoms with Gasteiger partial charge in [0.15, 0.2) is 0 Å². The van der Waals surface area contributed by atoms with Crippen LogP contribution in [0.1, 0.15) is 54.4 Å². The summed E-state index contributed by atoms with van der Waals surface area (Å²) < 4.78 is 104. The van der Waals surface area contributed by atoms with Gasteiger partial charge in [-0.3, -0.25) is 14.6 Å². The monoisotopic (exact) mass is 1010 g/mol. The fraction of sp³-hybridized carbons (Fsp3) is 0.449. The highest BCUT2D eigenvalue weighted by Gasteiger charge is 2.49. The number of morpholine rings is 1. The number of thioether (sulfide) groups is 1. The van der Waals surface area contributed by atoms with Gasteiger partial charge in [-0.25, -0.2) is 21.6 Å². The Kier molecular flexibility index (Phi) is 14.6. The predicted molar refractivity (Wildman–Crippen MR) is 260 cm³/mol. The van der Waals surface area contributed by atoms with Crippen LogP contribution in [0, 0.1) is 5.41 Å². The van der Waals surface area contributed by atoms with Crippen molar-refractivity contribution in [1.82, 2.24) is 19.8 Å². The Morgan fingerprint density at radius 2 is 1.69 bits per heavy atom. The largest absolute Gasteiger partial charge is 0.501 e. The maximum atomic E-state index is 14.3. The van der Waals surface area contributed by atoms with Crippen LogP contribution in [-0.4, -0.2) is 128 Å². The lowest BCUT2D eigenvalue weighted by atomic mass is 9.69. The second-order valence-electron chi connectivity index (χ2n) is 18.6. The molecule has 2 bridgehead atoms. The van der Waals surface area contributed by atoms with E-state index in [1.807, 2.05) is 47.2 Å². The molecule has 12 nitrogen and oxygen atoms in total. The summed E-state index contributed by atoms with van der Waals surface area (Å²) >= 11 is 7.70. The quantitative estimate of drug-likeness (QED) is 0.0940. The van der Waals surface area contributed by atoms with E-state index < -0.39 is 52.8 Å². The zero-order chi connectivity index (χ0) is 47.7. The zero-order valence-electron chi connectivity index (χ0n) is 37.5. The third-order valence-electron chi connectivity index (χ3n) is 14.1. The van der Waals surface area contributed by atoms with Crippen molar-refractivity contribution in [2.24, 2.45) is 5.41 Å². The molecule has 4 saturated heterocycles. The first-order valence-electron chi connectivity index (χ1n) is 23.1. The van der Waals surface area contributed by atoms with Crippen molar-refractivity contribution >= 4 is 66.1 Å². The second-order valence-corrected chi connectivity index (χ2v) is 23.8. The summed E-state index contributed by atoms with van der Waals surface area (Å²) in [6, 6.07) is 26.2. The number of halogens is 4. The zero-order valence-corrected chi connectivity index (χ0v) is 40.7. The SMILES string of the molecule is O=C(NS(=O)(=O)c1ccc(N[C@H](CCN2C[C@H]3C[C@@H]2CO3)CSc2ccccc2)c(S(=O)(=O)C(F)(F)F)c1)c1ccc(N2CCN(CC3=C(c4ccc(Cl)cc4)CCC4(CCNC4)C3)CC2)cc1. The highest BCUT2D eigenvalue weighted by atomic mass is 35.5. The first kappa shape index (κ1) is 48.9.